The Bertz CT molecular complexity index is 409. The van der Waals surface area contributed by atoms with Gasteiger partial charge >= 0.3 is 0 Å². The van der Waals surface area contributed by atoms with E-state index in [2.05, 4.69) is 15.9 Å². The third kappa shape index (κ3) is 3.80. The van der Waals surface area contributed by atoms with Gasteiger partial charge in [0.2, 0.25) is 5.91 Å². The zero-order valence-corrected chi connectivity index (χ0v) is 12.4. The van der Waals surface area contributed by atoms with Crippen LogP contribution in [0.4, 0.5) is 0 Å². The van der Waals surface area contributed by atoms with Crippen LogP contribution in [0.2, 0.25) is 0 Å². The van der Waals surface area contributed by atoms with Gasteiger partial charge in [-0.15, -0.1) is 0 Å². The highest BCUT2D eigenvalue weighted by atomic mass is 79.9. The number of amides is 1. The van der Waals surface area contributed by atoms with Crippen LogP contribution < -0.4 is 11.5 Å². The molecule has 0 spiro atoms. The summed E-state index contributed by atoms with van der Waals surface area (Å²) in [6.45, 7) is 4.71. The van der Waals surface area contributed by atoms with Gasteiger partial charge in [0.25, 0.3) is 0 Å². The number of hydrogen-bond donors (Lipinski definition) is 2. The van der Waals surface area contributed by atoms with Gasteiger partial charge in [-0.3, -0.25) is 9.69 Å². The van der Waals surface area contributed by atoms with Gasteiger partial charge in [0.15, 0.2) is 0 Å². The first kappa shape index (κ1) is 15.1. The maximum absolute atomic E-state index is 11.2. The molecular formula is C13H20BrN3O. The van der Waals surface area contributed by atoms with Crippen molar-refractivity contribution in [1.82, 2.24) is 4.90 Å². The second kappa shape index (κ2) is 6.87. The van der Waals surface area contributed by atoms with Crippen LogP contribution in [0.15, 0.2) is 28.7 Å². The van der Waals surface area contributed by atoms with Crippen molar-refractivity contribution in [3.8, 4) is 0 Å². The fourth-order valence-electron chi connectivity index (χ4n) is 2.02. The molecular weight excluding hydrogens is 294 g/mol. The Morgan fingerprint density at radius 2 is 2.00 bits per heavy atom. The average molecular weight is 314 g/mol. The topological polar surface area (TPSA) is 72.3 Å². The molecule has 5 heteroatoms. The molecule has 0 aliphatic carbocycles. The van der Waals surface area contributed by atoms with Gasteiger partial charge in [0.05, 0.1) is 6.54 Å². The van der Waals surface area contributed by atoms with Crippen LogP contribution >= 0.6 is 15.9 Å². The molecule has 1 unspecified atom stereocenters. The summed E-state index contributed by atoms with van der Waals surface area (Å²) in [5.41, 5.74) is 12.3. The maximum atomic E-state index is 11.2. The molecule has 0 aromatic heterocycles. The van der Waals surface area contributed by atoms with Crippen LogP contribution in [0.5, 0.6) is 0 Å². The average Bonchev–Trinajstić information content (AvgIpc) is 2.30. The molecule has 18 heavy (non-hydrogen) atoms. The molecule has 4 nitrogen and oxygen atoms in total. The summed E-state index contributed by atoms with van der Waals surface area (Å²) in [6.07, 6.45) is 0. The number of carbonyl (C=O) groups is 1. The van der Waals surface area contributed by atoms with Crippen molar-refractivity contribution in [1.29, 1.82) is 0 Å². The number of halogens is 1. The normalized spacial score (nSPS) is 13.0. The summed E-state index contributed by atoms with van der Waals surface area (Å²) in [6, 6.07) is 8.07. The lowest BCUT2D eigenvalue weighted by Crippen LogP contribution is -2.43. The van der Waals surface area contributed by atoms with E-state index in [1.54, 1.807) is 0 Å². The number of primary amides is 1. The standard InChI is InChI=1S/C13H20BrN3O/c1-9(2)17(8-13(16)18)12(7-15)10-5-3-4-6-11(10)14/h3-6,9,12H,7-8,15H2,1-2H3,(H2,16,18). The molecule has 4 N–H and O–H groups in total. The third-order valence-corrected chi connectivity index (χ3v) is 3.61. The first-order valence-corrected chi connectivity index (χ1v) is 6.75. The van der Waals surface area contributed by atoms with Crippen molar-refractivity contribution in [3.05, 3.63) is 34.3 Å². The molecule has 0 heterocycles. The number of nitrogens with zero attached hydrogens (tertiary/aromatic N) is 1. The molecule has 0 saturated carbocycles. The zero-order chi connectivity index (χ0) is 13.7. The van der Waals surface area contributed by atoms with E-state index in [-0.39, 0.29) is 24.5 Å². The molecule has 0 saturated heterocycles. The van der Waals surface area contributed by atoms with Crippen molar-refractivity contribution in [2.45, 2.75) is 25.9 Å². The summed E-state index contributed by atoms with van der Waals surface area (Å²) >= 11 is 3.52. The largest absolute Gasteiger partial charge is 0.369 e. The Kier molecular flexibility index (Phi) is 5.78. The van der Waals surface area contributed by atoms with Crippen LogP contribution in [0.1, 0.15) is 25.5 Å². The van der Waals surface area contributed by atoms with Crippen molar-refractivity contribution in [2.75, 3.05) is 13.1 Å². The van der Waals surface area contributed by atoms with Crippen LogP contribution in [-0.2, 0) is 4.79 Å². The highest BCUT2D eigenvalue weighted by molar-refractivity contribution is 9.10. The van der Waals surface area contributed by atoms with Crippen molar-refractivity contribution < 1.29 is 4.79 Å². The fourth-order valence-corrected chi connectivity index (χ4v) is 2.57. The minimum atomic E-state index is -0.339. The highest BCUT2D eigenvalue weighted by Crippen LogP contribution is 2.28. The second-order valence-electron chi connectivity index (χ2n) is 4.51. The van der Waals surface area contributed by atoms with Crippen molar-refractivity contribution in [3.63, 3.8) is 0 Å². The van der Waals surface area contributed by atoms with E-state index >= 15 is 0 Å². The predicted octanol–water partition coefficient (Wildman–Crippen LogP) is 1.64. The van der Waals surface area contributed by atoms with Gasteiger partial charge in [0, 0.05) is 23.1 Å². The van der Waals surface area contributed by atoms with Crippen LogP contribution in [-0.4, -0.2) is 29.9 Å². The van der Waals surface area contributed by atoms with Gasteiger partial charge in [-0.1, -0.05) is 34.1 Å². The van der Waals surface area contributed by atoms with Gasteiger partial charge in [0.1, 0.15) is 0 Å². The fraction of sp³-hybridized carbons (Fsp3) is 0.462. The Labute approximate surface area is 116 Å². The maximum Gasteiger partial charge on any atom is 0.231 e. The Balaban J connectivity index is 3.06. The van der Waals surface area contributed by atoms with E-state index in [0.29, 0.717) is 6.54 Å². The molecule has 1 rings (SSSR count). The summed E-state index contributed by atoms with van der Waals surface area (Å²) < 4.78 is 0.996. The Morgan fingerprint density at radius 1 is 1.39 bits per heavy atom. The predicted molar refractivity (Wildman–Crippen MR) is 77.0 cm³/mol. The van der Waals surface area contributed by atoms with Gasteiger partial charge in [-0.2, -0.15) is 0 Å². The summed E-state index contributed by atoms with van der Waals surface area (Å²) in [5, 5.41) is 0. The molecule has 1 atom stereocenters. The smallest absolute Gasteiger partial charge is 0.231 e. The molecule has 0 fully saturated rings. The molecule has 100 valence electrons. The summed E-state index contributed by atoms with van der Waals surface area (Å²) in [5.74, 6) is -0.339. The van der Waals surface area contributed by atoms with Crippen LogP contribution in [0, 0.1) is 0 Å². The van der Waals surface area contributed by atoms with Crippen molar-refractivity contribution >= 4 is 21.8 Å². The van der Waals surface area contributed by atoms with E-state index in [1.807, 2.05) is 43.0 Å². The SMILES string of the molecule is CC(C)N(CC(N)=O)C(CN)c1ccccc1Br. The summed E-state index contributed by atoms with van der Waals surface area (Å²) in [4.78, 5) is 13.2. The first-order valence-electron chi connectivity index (χ1n) is 5.96. The highest BCUT2D eigenvalue weighted by Gasteiger charge is 2.24. The Morgan fingerprint density at radius 3 is 2.44 bits per heavy atom. The lowest BCUT2D eigenvalue weighted by Gasteiger charge is -2.34. The number of hydrogen-bond acceptors (Lipinski definition) is 3. The minimum Gasteiger partial charge on any atom is -0.369 e. The first-order chi connectivity index (χ1) is 8.47. The molecule has 0 bridgehead atoms. The number of benzene rings is 1. The van der Waals surface area contributed by atoms with Crippen LogP contribution in [0.25, 0.3) is 0 Å². The quantitative estimate of drug-likeness (QED) is 0.838. The summed E-state index contributed by atoms with van der Waals surface area (Å²) in [7, 11) is 0. The van der Waals surface area contributed by atoms with E-state index in [1.165, 1.54) is 0 Å². The monoisotopic (exact) mass is 313 g/mol. The second-order valence-corrected chi connectivity index (χ2v) is 5.36. The number of carbonyl (C=O) groups excluding carboxylic acids is 1. The Hall–Kier alpha value is -0.910. The molecule has 1 amide bonds. The van der Waals surface area contributed by atoms with Gasteiger partial charge in [-0.05, 0) is 25.5 Å². The van der Waals surface area contributed by atoms with E-state index in [4.69, 9.17) is 11.5 Å². The molecule has 1 aromatic carbocycles. The number of nitrogens with two attached hydrogens (primary N) is 2. The third-order valence-electron chi connectivity index (χ3n) is 2.89. The molecule has 0 aliphatic heterocycles. The van der Waals surface area contributed by atoms with Crippen molar-refractivity contribution in [2.24, 2.45) is 11.5 Å². The molecule has 0 aliphatic rings. The zero-order valence-electron chi connectivity index (χ0n) is 10.8. The minimum absolute atomic E-state index is 0.0203. The molecule has 1 aromatic rings. The lowest BCUT2D eigenvalue weighted by molar-refractivity contribution is -0.120. The van der Waals surface area contributed by atoms with Gasteiger partial charge in [-0.25, -0.2) is 0 Å². The van der Waals surface area contributed by atoms with Gasteiger partial charge < -0.3 is 11.5 Å². The molecule has 0 radical (unpaired) electrons. The lowest BCUT2D eigenvalue weighted by atomic mass is 10.0. The van der Waals surface area contributed by atoms with Crippen LogP contribution in [0.3, 0.4) is 0 Å². The number of rotatable bonds is 6. The van der Waals surface area contributed by atoms with E-state index < -0.39 is 0 Å². The van der Waals surface area contributed by atoms with E-state index in [0.717, 1.165) is 10.0 Å². The van der Waals surface area contributed by atoms with E-state index in [9.17, 15) is 4.79 Å².